The number of carbonyl (C=O) groups excluding carboxylic acids is 1. The van der Waals surface area contributed by atoms with E-state index in [0.717, 1.165) is 25.7 Å². The lowest BCUT2D eigenvalue weighted by molar-refractivity contribution is -0.120. The predicted molar refractivity (Wildman–Crippen MR) is 71.2 cm³/mol. The molecule has 0 heterocycles. The second kappa shape index (κ2) is 5.48. The molecule has 2 rings (SSSR count). The van der Waals surface area contributed by atoms with Gasteiger partial charge in [0.25, 0.3) is 0 Å². The number of Topliss-reactive ketones (excluding diaryl/α,β-unsaturated/α-hetero) is 1. The van der Waals surface area contributed by atoms with Crippen molar-refractivity contribution in [1.82, 2.24) is 0 Å². The molecule has 0 radical (unpaired) electrons. The van der Waals surface area contributed by atoms with Crippen LogP contribution in [0.15, 0.2) is 24.3 Å². The zero-order valence-electron chi connectivity index (χ0n) is 10.9. The minimum atomic E-state index is 0.440. The maximum absolute atomic E-state index is 11.5. The molecule has 1 fully saturated rings. The summed E-state index contributed by atoms with van der Waals surface area (Å²) in [7, 11) is 0. The Hall–Kier alpha value is -1.11. The highest BCUT2D eigenvalue weighted by atomic mass is 16.1. The van der Waals surface area contributed by atoms with Crippen LogP contribution in [0.3, 0.4) is 0 Å². The molecule has 0 saturated heterocycles. The van der Waals surface area contributed by atoms with Crippen molar-refractivity contribution in [2.75, 3.05) is 0 Å². The zero-order chi connectivity index (χ0) is 12.3. The molecular weight excluding hydrogens is 208 g/mol. The molecule has 1 unspecified atom stereocenters. The second-order valence-corrected chi connectivity index (χ2v) is 5.67. The van der Waals surface area contributed by atoms with E-state index in [-0.39, 0.29) is 0 Å². The normalized spacial score (nSPS) is 20.9. The van der Waals surface area contributed by atoms with Gasteiger partial charge in [0.1, 0.15) is 5.78 Å². The third-order valence-electron chi connectivity index (χ3n) is 3.55. The number of ketones is 1. The quantitative estimate of drug-likeness (QED) is 0.763. The molecular formula is C16H22O. The number of benzene rings is 1. The Morgan fingerprint density at radius 2 is 2.18 bits per heavy atom. The molecule has 1 saturated carbocycles. The van der Waals surface area contributed by atoms with Gasteiger partial charge in [-0.15, -0.1) is 0 Å². The van der Waals surface area contributed by atoms with E-state index >= 15 is 0 Å². The molecule has 0 aliphatic heterocycles. The highest BCUT2D eigenvalue weighted by molar-refractivity contribution is 5.80. The summed E-state index contributed by atoms with van der Waals surface area (Å²) in [5.74, 6) is 1.61. The SMILES string of the molecule is CC(C)Cc1cccc(C2CCCC(=O)C2)c1. The van der Waals surface area contributed by atoms with E-state index in [1.807, 2.05) is 0 Å². The molecule has 1 aromatic rings. The van der Waals surface area contributed by atoms with E-state index in [1.165, 1.54) is 17.5 Å². The number of hydrogen-bond donors (Lipinski definition) is 0. The van der Waals surface area contributed by atoms with Crippen molar-refractivity contribution in [3.8, 4) is 0 Å². The fraction of sp³-hybridized carbons (Fsp3) is 0.562. The van der Waals surface area contributed by atoms with Crippen LogP contribution in [0.4, 0.5) is 0 Å². The molecule has 0 aromatic heterocycles. The van der Waals surface area contributed by atoms with Gasteiger partial charge in [-0.05, 0) is 42.2 Å². The molecule has 1 aliphatic rings. The van der Waals surface area contributed by atoms with E-state index in [9.17, 15) is 4.79 Å². The Morgan fingerprint density at radius 1 is 1.35 bits per heavy atom. The monoisotopic (exact) mass is 230 g/mol. The Balaban J connectivity index is 2.12. The average Bonchev–Trinajstić information content (AvgIpc) is 2.28. The molecule has 1 aliphatic carbocycles. The number of carbonyl (C=O) groups is 1. The lowest BCUT2D eigenvalue weighted by Gasteiger charge is -2.21. The number of rotatable bonds is 3. The van der Waals surface area contributed by atoms with Gasteiger partial charge in [0, 0.05) is 12.8 Å². The van der Waals surface area contributed by atoms with Crippen LogP contribution in [-0.2, 0) is 11.2 Å². The first-order chi connectivity index (χ1) is 8.15. The largest absolute Gasteiger partial charge is 0.300 e. The topological polar surface area (TPSA) is 17.1 Å². The Morgan fingerprint density at radius 3 is 2.88 bits per heavy atom. The summed E-state index contributed by atoms with van der Waals surface area (Å²) in [6.07, 6.45) is 4.93. The lowest BCUT2D eigenvalue weighted by Crippen LogP contribution is -2.13. The van der Waals surface area contributed by atoms with Crippen LogP contribution in [0, 0.1) is 5.92 Å². The number of hydrogen-bond acceptors (Lipinski definition) is 1. The maximum atomic E-state index is 11.5. The highest BCUT2D eigenvalue weighted by Gasteiger charge is 2.20. The van der Waals surface area contributed by atoms with E-state index < -0.39 is 0 Å². The Bertz CT molecular complexity index is 392. The average molecular weight is 230 g/mol. The van der Waals surface area contributed by atoms with Gasteiger partial charge < -0.3 is 0 Å². The minimum Gasteiger partial charge on any atom is -0.300 e. The van der Waals surface area contributed by atoms with E-state index in [1.54, 1.807) is 0 Å². The summed E-state index contributed by atoms with van der Waals surface area (Å²) >= 11 is 0. The minimum absolute atomic E-state index is 0.440. The lowest BCUT2D eigenvalue weighted by atomic mass is 9.82. The summed E-state index contributed by atoms with van der Waals surface area (Å²) < 4.78 is 0. The van der Waals surface area contributed by atoms with Crippen LogP contribution in [0.2, 0.25) is 0 Å². The van der Waals surface area contributed by atoms with Crippen molar-refractivity contribution >= 4 is 5.78 Å². The molecule has 17 heavy (non-hydrogen) atoms. The summed E-state index contributed by atoms with van der Waals surface area (Å²) in [5, 5.41) is 0. The van der Waals surface area contributed by atoms with Gasteiger partial charge in [-0.1, -0.05) is 38.1 Å². The van der Waals surface area contributed by atoms with Crippen LogP contribution in [-0.4, -0.2) is 5.78 Å². The molecule has 1 nitrogen and oxygen atoms in total. The van der Waals surface area contributed by atoms with Crippen molar-refractivity contribution in [2.45, 2.75) is 51.9 Å². The summed E-state index contributed by atoms with van der Waals surface area (Å²) in [6, 6.07) is 8.84. The highest BCUT2D eigenvalue weighted by Crippen LogP contribution is 2.31. The van der Waals surface area contributed by atoms with Gasteiger partial charge in [0.05, 0.1) is 0 Å². The fourth-order valence-corrected chi connectivity index (χ4v) is 2.75. The van der Waals surface area contributed by atoms with E-state index in [0.29, 0.717) is 17.6 Å². The molecule has 1 atom stereocenters. The first-order valence-corrected chi connectivity index (χ1v) is 6.75. The second-order valence-electron chi connectivity index (χ2n) is 5.67. The van der Waals surface area contributed by atoms with Crippen molar-refractivity contribution in [2.24, 2.45) is 5.92 Å². The molecule has 1 aromatic carbocycles. The van der Waals surface area contributed by atoms with E-state index in [4.69, 9.17) is 0 Å². The maximum Gasteiger partial charge on any atom is 0.133 e. The van der Waals surface area contributed by atoms with Crippen molar-refractivity contribution in [1.29, 1.82) is 0 Å². The van der Waals surface area contributed by atoms with Gasteiger partial charge in [0.15, 0.2) is 0 Å². The van der Waals surface area contributed by atoms with Gasteiger partial charge in [0.2, 0.25) is 0 Å². The molecule has 92 valence electrons. The van der Waals surface area contributed by atoms with Gasteiger partial charge in [-0.3, -0.25) is 4.79 Å². The van der Waals surface area contributed by atoms with E-state index in [2.05, 4.69) is 38.1 Å². The molecule has 1 heteroatoms. The van der Waals surface area contributed by atoms with Crippen LogP contribution >= 0.6 is 0 Å². The van der Waals surface area contributed by atoms with Crippen LogP contribution in [0.25, 0.3) is 0 Å². The fourth-order valence-electron chi connectivity index (χ4n) is 2.75. The van der Waals surface area contributed by atoms with Crippen molar-refractivity contribution in [3.63, 3.8) is 0 Å². The first kappa shape index (κ1) is 12.3. The third kappa shape index (κ3) is 3.42. The molecule has 0 bridgehead atoms. The summed E-state index contributed by atoms with van der Waals surface area (Å²) in [6.45, 7) is 4.49. The Kier molecular flexibility index (Phi) is 3.98. The summed E-state index contributed by atoms with van der Waals surface area (Å²) in [5.41, 5.74) is 2.78. The van der Waals surface area contributed by atoms with Crippen LogP contribution in [0.5, 0.6) is 0 Å². The Labute approximate surface area is 104 Å². The van der Waals surface area contributed by atoms with Crippen molar-refractivity contribution < 1.29 is 4.79 Å². The predicted octanol–water partition coefficient (Wildman–Crippen LogP) is 4.11. The van der Waals surface area contributed by atoms with Crippen molar-refractivity contribution in [3.05, 3.63) is 35.4 Å². The third-order valence-corrected chi connectivity index (χ3v) is 3.55. The smallest absolute Gasteiger partial charge is 0.133 e. The molecule has 0 N–H and O–H groups in total. The zero-order valence-corrected chi connectivity index (χ0v) is 10.9. The summed E-state index contributed by atoms with van der Waals surface area (Å²) in [4.78, 5) is 11.5. The van der Waals surface area contributed by atoms with Gasteiger partial charge in [-0.2, -0.15) is 0 Å². The van der Waals surface area contributed by atoms with Gasteiger partial charge >= 0.3 is 0 Å². The first-order valence-electron chi connectivity index (χ1n) is 6.75. The standard InChI is InChI=1S/C16H22O/c1-12(2)9-13-5-3-6-14(10-13)15-7-4-8-16(17)11-15/h3,5-6,10,12,15H,4,7-9,11H2,1-2H3. The van der Waals surface area contributed by atoms with Gasteiger partial charge in [-0.25, -0.2) is 0 Å². The molecule has 0 amide bonds. The van der Waals surface area contributed by atoms with Crippen LogP contribution < -0.4 is 0 Å². The molecule has 0 spiro atoms. The van der Waals surface area contributed by atoms with Crippen LogP contribution in [0.1, 0.15) is 56.6 Å².